The highest BCUT2D eigenvalue weighted by molar-refractivity contribution is 5.96. The summed E-state index contributed by atoms with van der Waals surface area (Å²) >= 11 is 0. The third kappa shape index (κ3) is 6.93. The molecule has 1 rings (SSSR count). The Kier molecular flexibility index (Phi) is 9.10. The summed E-state index contributed by atoms with van der Waals surface area (Å²) in [4.78, 5) is 0. The lowest BCUT2D eigenvalue weighted by Gasteiger charge is -2.10. The molecule has 0 amide bonds. The van der Waals surface area contributed by atoms with E-state index >= 15 is 0 Å². The van der Waals surface area contributed by atoms with Crippen molar-refractivity contribution in [1.29, 1.82) is 5.41 Å². The minimum atomic E-state index is -0.348. The molecule has 21 heavy (non-hydrogen) atoms. The summed E-state index contributed by atoms with van der Waals surface area (Å²) in [6, 6.07) is 4.79. The number of rotatable bonds is 6. The van der Waals surface area contributed by atoms with Crippen LogP contribution in [0.4, 0.5) is 4.39 Å². The molecule has 0 heterocycles. The standard InChI is InChI=1S/C15H21FN2O.C2H6/c1-10-6-7-14(16)15(9-10)19-8-4-5-13(11(2)17)12(3)18;1-2/h6-7,9,17H,4-5,8,18H2,1-3H3;1-2H3/b13-12-,17-11?;. The predicted octanol–water partition coefficient (Wildman–Crippen LogP) is 4.59. The van der Waals surface area contributed by atoms with Crippen LogP contribution in [0.3, 0.4) is 0 Å². The van der Waals surface area contributed by atoms with Gasteiger partial charge in [-0.25, -0.2) is 4.39 Å². The number of hydrogen-bond acceptors (Lipinski definition) is 3. The quantitative estimate of drug-likeness (QED) is 0.595. The van der Waals surface area contributed by atoms with Crippen LogP contribution in [0.5, 0.6) is 5.75 Å². The van der Waals surface area contributed by atoms with Crippen molar-refractivity contribution in [2.45, 2.75) is 47.5 Å². The minimum Gasteiger partial charge on any atom is -0.490 e. The van der Waals surface area contributed by atoms with E-state index in [4.69, 9.17) is 15.9 Å². The normalized spacial score (nSPS) is 11.1. The summed E-state index contributed by atoms with van der Waals surface area (Å²) < 4.78 is 18.8. The predicted molar refractivity (Wildman–Crippen MR) is 87.5 cm³/mol. The van der Waals surface area contributed by atoms with Crippen molar-refractivity contribution < 1.29 is 9.13 Å². The molecule has 0 saturated heterocycles. The Morgan fingerprint density at radius 1 is 1.29 bits per heavy atom. The molecular weight excluding hydrogens is 267 g/mol. The van der Waals surface area contributed by atoms with Gasteiger partial charge in [0.15, 0.2) is 11.6 Å². The summed E-state index contributed by atoms with van der Waals surface area (Å²) in [5.41, 5.74) is 8.65. The Morgan fingerprint density at radius 2 is 1.90 bits per heavy atom. The van der Waals surface area contributed by atoms with E-state index in [9.17, 15) is 4.39 Å². The van der Waals surface area contributed by atoms with Crippen LogP contribution in [-0.2, 0) is 0 Å². The van der Waals surface area contributed by atoms with Crippen molar-refractivity contribution in [3.63, 3.8) is 0 Å². The van der Waals surface area contributed by atoms with Crippen molar-refractivity contribution >= 4 is 5.71 Å². The van der Waals surface area contributed by atoms with Crippen LogP contribution in [0.2, 0.25) is 0 Å². The van der Waals surface area contributed by atoms with Crippen molar-refractivity contribution in [3.8, 4) is 5.75 Å². The number of hydrogen-bond donors (Lipinski definition) is 2. The van der Waals surface area contributed by atoms with Crippen molar-refractivity contribution in [2.75, 3.05) is 6.61 Å². The summed E-state index contributed by atoms with van der Waals surface area (Å²) in [6.45, 7) is 9.80. The molecule has 0 bridgehead atoms. The van der Waals surface area contributed by atoms with Gasteiger partial charge < -0.3 is 15.9 Å². The molecule has 1 aromatic rings. The zero-order chi connectivity index (χ0) is 16.4. The van der Waals surface area contributed by atoms with Crippen LogP contribution in [0.15, 0.2) is 29.5 Å². The van der Waals surface area contributed by atoms with Gasteiger partial charge in [-0.2, -0.15) is 0 Å². The molecule has 0 saturated carbocycles. The molecule has 0 aliphatic rings. The van der Waals surface area contributed by atoms with E-state index in [0.717, 1.165) is 11.1 Å². The number of nitrogens with two attached hydrogens (primary N) is 1. The second-order valence-corrected chi connectivity index (χ2v) is 4.67. The molecule has 0 aliphatic carbocycles. The maximum atomic E-state index is 13.4. The Balaban J connectivity index is 0.00000191. The Labute approximate surface area is 127 Å². The summed E-state index contributed by atoms with van der Waals surface area (Å²) in [5, 5.41) is 7.61. The fraction of sp³-hybridized carbons (Fsp3) is 0.471. The number of allylic oxidation sites excluding steroid dienone is 2. The molecule has 0 spiro atoms. The van der Waals surface area contributed by atoms with E-state index in [2.05, 4.69) is 0 Å². The van der Waals surface area contributed by atoms with E-state index in [0.29, 0.717) is 30.9 Å². The lowest BCUT2D eigenvalue weighted by Crippen LogP contribution is -2.08. The Morgan fingerprint density at radius 3 is 2.43 bits per heavy atom. The van der Waals surface area contributed by atoms with Gasteiger partial charge in [0.1, 0.15) is 0 Å². The molecule has 3 nitrogen and oxygen atoms in total. The first-order valence-corrected chi connectivity index (χ1v) is 7.31. The average molecular weight is 294 g/mol. The van der Waals surface area contributed by atoms with Gasteiger partial charge in [0.25, 0.3) is 0 Å². The number of nitrogens with one attached hydrogen (secondary N) is 1. The van der Waals surface area contributed by atoms with Gasteiger partial charge in [0.05, 0.1) is 6.61 Å². The third-order valence-corrected chi connectivity index (χ3v) is 2.84. The van der Waals surface area contributed by atoms with E-state index in [1.54, 1.807) is 26.0 Å². The van der Waals surface area contributed by atoms with E-state index in [1.807, 2.05) is 20.8 Å². The number of aryl methyl sites for hydroxylation is 1. The third-order valence-electron chi connectivity index (χ3n) is 2.84. The van der Waals surface area contributed by atoms with Crippen LogP contribution in [-0.4, -0.2) is 12.3 Å². The number of benzene rings is 1. The molecule has 0 aliphatic heterocycles. The molecule has 4 heteroatoms. The fourth-order valence-corrected chi connectivity index (χ4v) is 1.83. The lowest BCUT2D eigenvalue weighted by atomic mass is 10.0. The lowest BCUT2D eigenvalue weighted by molar-refractivity contribution is 0.296. The largest absolute Gasteiger partial charge is 0.490 e. The van der Waals surface area contributed by atoms with Crippen LogP contribution in [0.1, 0.15) is 46.1 Å². The summed E-state index contributed by atoms with van der Waals surface area (Å²) in [6.07, 6.45) is 1.37. The van der Waals surface area contributed by atoms with Crippen LogP contribution < -0.4 is 10.5 Å². The Hall–Kier alpha value is -1.84. The van der Waals surface area contributed by atoms with Gasteiger partial charge in [0, 0.05) is 11.4 Å². The van der Waals surface area contributed by atoms with Gasteiger partial charge in [-0.1, -0.05) is 19.9 Å². The van der Waals surface area contributed by atoms with Crippen LogP contribution in [0.25, 0.3) is 0 Å². The topological polar surface area (TPSA) is 59.1 Å². The van der Waals surface area contributed by atoms with Crippen LogP contribution in [0, 0.1) is 18.2 Å². The van der Waals surface area contributed by atoms with Gasteiger partial charge >= 0.3 is 0 Å². The van der Waals surface area contributed by atoms with Gasteiger partial charge in [-0.3, -0.25) is 0 Å². The first-order valence-electron chi connectivity index (χ1n) is 7.31. The maximum Gasteiger partial charge on any atom is 0.165 e. The maximum absolute atomic E-state index is 13.4. The van der Waals surface area contributed by atoms with Crippen molar-refractivity contribution in [3.05, 3.63) is 40.8 Å². The fourth-order valence-electron chi connectivity index (χ4n) is 1.83. The van der Waals surface area contributed by atoms with Gasteiger partial charge in [-0.05, 0) is 56.9 Å². The second-order valence-electron chi connectivity index (χ2n) is 4.67. The highest BCUT2D eigenvalue weighted by Crippen LogP contribution is 2.19. The molecule has 0 unspecified atom stereocenters. The van der Waals surface area contributed by atoms with Gasteiger partial charge in [-0.15, -0.1) is 0 Å². The summed E-state index contributed by atoms with van der Waals surface area (Å²) in [5.74, 6) is -0.0684. The van der Waals surface area contributed by atoms with E-state index < -0.39 is 0 Å². The minimum absolute atomic E-state index is 0.279. The molecule has 0 atom stereocenters. The highest BCUT2D eigenvalue weighted by atomic mass is 19.1. The summed E-state index contributed by atoms with van der Waals surface area (Å²) in [7, 11) is 0. The van der Waals surface area contributed by atoms with Crippen molar-refractivity contribution in [2.24, 2.45) is 5.73 Å². The second kappa shape index (κ2) is 9.97. The molecule has 0 fully saturated rings. The SMILES string of the molecule is CC.CC(=N)/C(CCCOc1cc(C)ccc1F)=C(/C)N. The molecule has 1 aromatic carbocycles. The first-order chi connectivity index (χ1) is 9.91. The average Bonchev–Trinajstić information content (AvgIpc) is 2.43. The Bertz CT molecular complexity index is 492. The van der Waals surface area contributed by atoms with Gasteiger partial charge in [0.2, 0.25) is 0 Å². The smallest absolute Gasteiger partial charge is 0.165 e. The number of halogens is 1. The zero-order valence-electron chi connectivity index (χ0n) is 13.7. The molecule has 3 N–H and O–H groups in total. The molecular formula is C17H27FN2O. The highest BCUT2D eigenvalue weighted by Gasteiger charge is 2.06. The molecule has 118 valence electrons. The monoisotopic (exact) mass is 294 g/mol. The number of ether oxygens (including phenoxy) is 1. The van der Waals surface area contributed by atoms with Crippen LogP contribution >= 0.6 is 0 Å². The first kappa shape index (κ1) is 19.2. The molecule has 0 aromatic heterocycles. The van der Waals surface area contributed by atoms with E-state index in [-0.39, 0.29) is 11.6 Å². The molecule has 0 radical (unpaired) electrons. The van der Waals surface area contributed by atoms with Crippen molar-refractivity contribution in [1.82, 2.24) is 0 Å². The zero-order valence-corrected chi connectivity index (χ0v) is 13.7. The van der Waals surface area contributed by atoms with E-state index in [1.165, 1.54) is 6.07 Å².